The lowest BCUT2D eigenvalue weighted by Crippen LogP contribution is -2.42. The average molecular weight is 478 g/mol. The molecule has 0 saturated heterocycles. The molecule has 4 rings (SSSR count). The van der Waals surface area contributed by atoms with Crippen molar-refractivity contribution in [3.8, 4) is 0 Å². The fraction of sp³-hybridized carbons (Fsp3) is 0.200. The van der Waals surface area contributed by atoms with Crippen LogP contribution in [0.3, 0.4) is 0 Å². The Morgan fingerprint density at radius 2 is 1.74 bits per heavy atom. The number of rotatable bonds is 8. The number of fused-ring (bicyclic) bond motifs is 1. The number of para-hydroxylation sites is 2. The lowest BCUT2D eigenvalue weighted by Gasteiger charge is -2.15. The maximum absolute atomic E-state index is 13.3. The van der Waals surface area contributed by atoms with Gasteiger partial charge in [-0.15, -0.1) is 11.3 Å². The number of hydrogen-bond acceptors (Lipinski definition) is 6. The number of carbonyl (C=O) groups excluding carboxylic acids is 2. The number of nitrogens with one attached hydrogen (secondary N) is 1. The number of aromatic nitrogens is 2. The standard InChI is InChI=1S/C25H23N3O5S/c1-2-33-24(31)18-9-3-5-11-20(18)26-22(29)16-28-21-12-6-4-10-19(21)23(30)27(25(28)32)14-13-17-8-7-15-34-17/h3-12,15H,2,13-14,16H2,1H3,(H,26,29). The number of thiophene rings is 1. The summed E-state index contributed by atoms with van der Waals surface area (Å²) in [5.74, 6) is -1.06. The number of nitrogens with zero attached hydrogens (tertiary/aromatic N) is 2. The van der Waals surface area contributed by atoms with Crippen LogP contribution in [0.15, 0.2) is 75.6 Å². The van der Waals surface area contributed by atoms with Crippen LogP contribution in [0.5, 0.6) is 0 Å². The molecular formula is C25H23N3O5S. The van der Waals surface area contributed by atoms with Gasteiger partial charge in [0.1, 0.15) is 6.54 Å². The van der Waals surface area contributed by atoms with Gasteiger partial charge >= 0.3 is 11.7 Å². The summed E-state index contributed by atoms with van der Waals surface area (Å²) in [6, 6.07) is 17.1. The van der Waals surface area contributed by atoms with Crippen molar-refractivity contribution in [2.24, 2.45) is 0 Å². The molecule has 0 aliphatic heterocycles. The average Bonchev–Trinajstić information content (AvgIpc) is 3.36. The molecule has 8 nitrogen and oxygen atoms in total. The van der Waals surface area contributed by atoms with Crippen LogP contribution in [0.4, 0.5) is 5.69 Å². The second-order valence-electron chi connectivity index (χ2n) is 7.49. The molecule has 1 amide bonds. The highest BCUT2D eigenvalue weighted by atomic mass is 32.1. The lowest BCUT2D eigenvalue weighted by atomic mass is 10.2. The molecule has 174 valence electrons. The van der Waals surface area contributed by atoms with E-state index >= 15 is 0 Å². The van der Waals surface area contributed by atoms with E-state index in [2.05, 4.69) is 5.32 Å². The van der Waals surface area contributed by atoms with Crippen LogP contribution in [-0.2, 0) is 29.0 Å². The van der Waals surface area contributed by atoms with Crippen molar-refractivity contribution in [3.05, 3.63) is 97.3 Å². The Kier molecular flexibility index (Phi) is 7.03. The van der Waals surface area contributed by atoms with Crippen LogP contribution in [-0.4, -0.2) is 27.6 Å². The van der Waals surface area contributed by atoms with Gasteiger partial charge < -0.3 is 10.1 Å². The smallest absolute Gasteiger partial charge is 0.340 e. The maximum atomic E-state index is 13.3. The van der Waals surface area contributed by atoms with E-state index in [1.165, 1.54) is 9.13 Å². The molecular weight excluding hydrogens is 454 g/mol. The number of benzene rings is 2. The van der Waals surface area contributed by atoms with Gasteiger partial charge in [0.05, 0.1) is 28.8 Å². The van der Waals surface area contributed by atoms with Crippen LogP contribution >= 0.6 is 11.3 Å². The fourth-order valence-electron chi connectivity index (χ4n) is 3.71. The van der Waals surface area contributed by atoms with Crippen LogP contribution in [0, 0.1) is 0 Å². The monoisotopic (exact) mass is 477 g/mol. The first-order chi connectivity index (χ1) is 16.5. The first-order valence-corrected chi connectivity index (χ1v) is 11.7. The van der Waals surface area contributed by atoms with E-state index in [0.717, 1.165) is 4.88 Å². The quantitative estimate of drug-likeness (QED) is 0.393. The van der Waals surface area contributed by atoms with Gasteiger partial charge in [-0.2, -0.15) is 0 Å². The Bertz CT molecular complexity index is 1450. The summed E-state index contributed by atoms with van der Waals surface area (Å²) < 4.78 is 7.50. The van der Waals surface area contributed by atoms with E-state index in [-0.39, 0.29) is 36.5 Å². The van der Waals surface area contributed by atoms with Crippen LogP contribution in [0.2, 0.25) is 0 Å². The van der Waals surface area contributed by atoms with Crippen molar-refractivity contribution in [1.82, 2.24) is 9.13 Å². The molecule has 0 spiro atoms. The molecule has 2 aromatic carbocycles. The van der Waals surface area contributed by atoms with Gasteiger partial charge in [0.2, 0.25) is 5.91 Å². The summed E-state index contributed by atoms with van der Waals surface area (Å²) in [4.78, 5) is 52.5. The molecule has 0 saturated carbocycles. The van der Waals surface area contributed by atoms with Crippen LogP contribution in [0.1, 0.15) is 22.2 Å². The number of esters is 1. The first kappa shape index (κ1) is 23.2. The predicted molar refractivity (Wildman–Crippen MR) is 132 cm³/mol. The molecule has 1 N–H and O–H groups in total. The van der Waals surface area contributed by atoms with Gasteiger partial charge in [-0.1, -0.05) is 30.3 Å². The van der Waals surface area contributed by atoms with E-state index < -0.39 is 17.6 Å². The van der Waals surface area contributed by atoms with Crippen molar-refractivity contribution >= 4 is 39.8 Å². The number of amides is 1. The zero-order chi connectivity index (χ0) is 24.1. The Hall–Kier alpha value is -3.98. The summed E-state index contributed by atoms with van der Waals surface area (Å²) in [6.45, 7) is 1.78. The number of hydrogen-bond donors (Lipinski definition) is 1. The van der Waals surface area contributed by atoms with Crippen LogP contribution in [0.25, 0.3) is 10.9 Å². The van der Waals surface area contributed by atoms with Crippen molar-refractivity contribution in [1.29, 1.82) is 0 Å². The second kappa shape index (κ2) is 10.3. The number of aryl methyl sites for hydroxylation is 1. The number of ether oxygens (including phenoxy) is 1. The molecule has 0 aliphatic carbocycles. The highest BCUT2D eigenvalue weighted by Gasteiger charge is 2.18. The summed E-state index contributed by atoms with van der Waals surface area (Å²) in [5, 5.41) is 4.99. The zero-order valence-corrected chi connectivity index (χ0v) is 19.3. The first-order valence-electron chi connectivity index (χ1n) is 10.8. The Morgan fingerprint density at radius 1 is 0.971 bits per heavy atom. The van der Waals surface area contributed by atoms with E-state index in [0.29, 0.717) is 17.3 Å². The van der Waals surface area contributed by atoms with Gasteiger partial charge in [-0.25, -0.2) is 9.59 Å². The Labute approximate surface area is 199 Å². The third-order valence-corrected chi connectivity index (χ3v) is 6.23. The molecule has 4 aromatic rings. The minimum absolute atomic E-state index is 0.204. The summed E-state index contributed by atoms with van der Waals surface area (Å²) in [7, 11) is 0. The SMILES string of the molecule is CCOC(=O)c1ccccc1NC(=O)Cn1c(=O)n(CCc2cccs2)c(=O)c2ccccc21. The maximum Gasteiger partial charge on any atom is 0.340 e. The van der Waals surface area contributed by atoms with E-state index in [1.54, 1.807) is 66.8 Å². The van der Waals surface area contributed by atoms with E-state index in [9.17, 15) is 19.2 Å². The molecule has 0 aliphatic rings. The predicted octanol–water partition coefficient (Wildman–Crippen LogP) is 3.28. The van der Waals surface area contributed by atoms with Gasteiger partial charge in [0.15, 0.2) is 0 Å². The molecule has 9 heteroatoms. The molecule has 0 atom stereocenters. The summed E-state index contributed by atoms with van der Waals surface area (Å²) in [6.07, 6.45) is 0.532. The Balaban J connectivity index is 1.67. The van der Waals surface area contributed by atoms with Crippen molar-refractivity contribution in [2.75, 3.05) is 11.9 Å². The highest BCUT2D eigenvalue weighted by Crippen LogP contribution is 2.17. The molecule has 0 bridgehead atoms. The summed E-state index contributed by atoms with van der Waals surface area (Å²) in [5.41, 5.74) is -0.0700. The van der Waals surface area contributed by atoms with E-state index in [4.69, 9.17) is 4.74 Å². The largest absolute Gasteiger partial charge is 0.462 e. The van der Waals surface area contributed by atoms with Crippen molar-refractivity contribution in [3.63, 3.8) is 0 Å². The summed E-state index contributed by atoms with van der Waals surface area (Å²) >= 11 is 1.55. The van der Waals surface area contributed by atoms with Crippen molar-refractivity contribution < 1.29 is 14.3 Å². The van der Waals surface area contributed by atoms with Gasteiger partial charge in [-0.3, -0.25) is 18.7 Å². The topological polar surface area (TPSA) is 99.4 Å². The Morgan fingerprint density at radius 3 is 2.50 bits per heavy atom. The number of carbonyl (C=O) groups is 2. The molecule has 0 radical (unpaired) electrons. The van der Waals surface area contributed by atoms with E-state index in [1.807, 2.05) is 17.5 Å². The number of anilines is 1. The third kappa shape index (κ3) is 4.84. The molecule has 0 fully saturated rings. The zero-order valence-electron chi connectivity index (χ0n) is 18.5. The second-order valence-corrected chi connectivity index (χ2v) is 8.52. The lowest BCUT2D eigenvalue weighted by molar-refractivity contribution is -0.116. The molecule has 0 unspecified atom stereocenters. The normalized spacial score (nSPS) is 10.9. The van der Waals surface area contributed by atoms with Crippen molar-refractivity contribution in [2.45, 2.75) is 26.4 Å². The molecule has 2 heterocycles. The van der Waals surface area contributed by atoms with Crippen LogP contribution < -0.4 is 16.6 Å². The fourth-order valence-corrected chi connectivity index (χ4v) is 4.41. The van der Waals surface area contributed by atoms with Gasteiger partial charge in [-0.05, 0) is 49.1 Å². The minimum atomic E-state index is -0.561. The van der Waals surface area contributed by atoms with Gasteiger partial charge in [0, 0.05) is 11.4 Å². The molecule has 34 heavy (non-hydrogen) atoms. The third-order valence-electron chi connectivity index (χ3n) is 5.29. The minimum Gasteiger partial charge on any atom is -0.462 e. The highest BCUT2D eigenvalue weighted by molar-refractivity contribution is 7.09. The molecule has 2 aromatic heterocycles. The van der Waals surface area contributed by atoms with Gasteiger partial charge in [0.25, 0.3) is 5.56 Å².